The van der Waals surface area contributed by atoms with Crippen molar-refractivity contribution in [2.45, 2.75) is 19.4 Å². The predicted molar refractivity (Wildman–Crippen MR) is 76.3 cm³/mol. The molecule has 0 radical (unpaired) electrons. The smallest absolute Gasteiger partial charge is 0.295 e. The molecule has 0 aliphatic heterocycles. The first kappa shape index (κ1) is 14.0. The first-order valence-corrected chi connectivity index (χ1v) is 6.31. The van der Waals surface area contributed by atoms with Crippen LogP contribution >= 0.6 is 0 Å². The van der Waals surface area contributed by atoms with Crippen LogP contribution in [0.5, 0.6) is 0 Å². The van der Waals surface area contributed by atoms with Crippen molar-refractivity contribution < 1.29 is 9.31 Å². The molecule has 0 amide bonds. The molecule has 4 nitrogen and oxygen atoms in total. The van der Waals surface area contributed by atoms with E-state index in [9.17, 15) is 14.5 Å². The maximum Gasteiger partial charge on any atom is 0.295 e. The summed E-state index contributed by atoms with van der Waals surface area (Å²) >= 11 is 0. The van der Waals surface area contributed by atoms with Gasteiger partial charge in [0.1, 0.15) is 5.69 Å². The molecule has 0 saturated heterocycles. The summed E-state index contributed by atoms with van der Waals surface area (Å²) in [7, 11) is 0. The van der Waals surface area contributed by atoms with Gasteiger partial charge in [0.15, 0.2) is 5.82 Å². The fourth-order valence-electron chi connectivity index (χ4n) is 2.07. The molecule has 2 rings (SSSR count). The Morgan fingerprint density at radius 1 is 1.20 bits per heavy atom. The van der Waals surface area contributed by atoms with Crippen molar-refractivity contribution >= 4 is 11.4 Å². The molecule has 0 saturated carbocycles. The van der Waals surface area contributed by atoms with Crippen molar-refractivity contribution in [1.82, 2.24) is 0 Å². The average Bonchev–Trinajstić information content (AvgIpc) is 2.42. The van der Waals surface area contributed by atoms with Crippen LogP contribution in [0.25, 0.3) is 0 Å². The quantitative estimate of drug-likeness (QED) is 0.667. The summed E-state index contributed by atoms with van der Waals surface area (Å²) in [6.45, 7) is 1.86. The lowest BCUT2D eigenvalue weighted by Gasteiger charge is -2.15. The van der Waals surface area contributed by atoms with E-state index in [0.29, 0.717) is 6.42 Å². The molecule has 5 heteroatoms. The summed E-state index contributed by atoms with van der Waals surface area (Å²) < 4.78 is 13.7. The van der Waals surface area contributed by atoms with Gasteiger partial charge in [-0.3, -0.25) is 10.1 Å². The largest absolute Gasteiger partial charge is 0.374 e. The lowest BCUT2D eigenvalue weighted by Crippen LogP contribution is -2.19. The van der Waals surface area contributed by atoms with Gasteiger partial charge in [-0.25, -0.2) is 4.39 Å². The van der Waals surface area contributed by atoms with Crippen LogP contribution in [0.15, 0.2) is 48.5 Å². The molecule has 1 atom stereocenters. The molecule has 0 spiro atoms. The van der Waals surface area contributed by atoms with E-state index >= 15 is 0 Å². The van der Waals surface area contributed by atoms with Crippen LogP contribution in [0.2, 0.25) is 0 Å². The normalized spacial score (nSPS) is 11.9. The minimum absolute atomic E-state index is 0.0547. The zero-order valence-electron chi connectivity index (χ0n) is 11.0. The number of halogens is 1. The number of nitrogens with one attached hydrogen (secondary N) is 1. The molecule has 0 heterocycles. The zero-order chi connectivity index (χ0) is 14.5. The Kier molecular flexibility index (Phi) is 4.30. The molecular weight excluding hydrogens is 259 g/mol. The number of rotatable bonds is 5. The first-order chi connectivity index (χ1) is 9.58. The molecule has 2 aromatic rings. The monoisotopic (exact) mass is 274 g/mol. The Morgan fingerprint density at radius 3 is 2.55 bits per heavy atom. The van der Waals surface area contributed by atoms with E-state index in [2.05, 4.69) is 5.32 Å². The van der Waals surface area contributed by atoms with Gasteiger partial charge in [0.25, 0.3) is 5.69 Å². The van der Waals surface area contributed by atoms with Crippen LogP contribution in [-0.4, -0.2) is 11.0 Å². The van der Waals surface area contributed by atoms with Crippen molar-refractivity contribution in [3.05, 3.63) is 70.0 Å². The molecule has 0 aromatic heterocycles. The van der Waals surface area contributed by atoms with Crippen LogP contribution in [0.3, 0.4) is 0 Å². The molecule has 20 heavy (non-hydrogen) atoms. The number of benzene rings is 2. The third-order valence-electron chi connectivity index (χ3n) is 2.96. The SMILES string of the molecule is CC(Cc1ccccc1)Nc1c(F)cccc1[N+](=O)[O-]. The minimum Gasteiger partial charge on any atom is -0.374 e. The fourth-order valence-corrected chi connectivity index (χ4v) is 2.07. The molecule has 0 fully saturated rings. The van der Waals surface area contributed by atoms with Gasteiger partial charge in [0.05, 0.1) is 4.92 Å². The molecular formula is C15H15FN2O2. The van der Waals surface area contributed by atoms with Gasteiger partial charge in [-0.2, -0.15) is 0 Å². The zero-order valence-corrected chi connectivity index (χ0v) is 11.0. The number of hydrogen-bond donors (Lipinski definition) is 1. The lowest BCUT2D eigenvalue weighted by atomic mass is 10.1. The van der Waals surface area contributed by atoms with Gasteiger partial charge in [0, 0.05) is 12.1 Å². The summed E-state index contributed by atoms with van der Waals surface area (Å²) in [5.74, 6) is -0.612. The second kappa shape index (κ2) is 6.14. The van der Waals surface area contributed by atoms with Crippen molar-refractivity contribution in [1.29, 1.82) is 0 Å². The van der Waals surface area contributed by atoms with Gasteiger partial charge < -0.3 is 5.32 Å². The minimum atomic E-state index is -0.612. The van der Waals surface area contributed by atoms with Crippen molar-refractivity contribution in [3.63, 3.8) is 0 Å². The molecule has 1 unspecified atom stereocenters. The van der Waals surface area contributed by atoms with Crippen LogP contribution < -0.4 is 5.32 Å². The summed E-state index contributed by atoms with van der Waals surface area (Å²) in [5.41, 5.74) is 0.789. The highest BCUT2D eigenvalue weighted by atomic mass is 19.1. The fraction of sp³-hybridized carbons (Fsp3) is 0.200. The van der Waals surface area contributed by atoms with Crippen LogP contribution in [0, 0.1) is 15.9 Å². The maximum atomic E-state index is 13.7. The standard InChI is InChI=1S/C15H15FN2O2/c1-11(10-12-6-3-2-4-7-12)17-15-13(16)8-5-9-14(15)18(19)20/h2-9,11,17H,10H2,1H3. The second-order valence-electron chi connectivity index (χ2n) is 4.63. The Balaban J connectivity index is 2.15. The van der Waals surface area contributed by atoms with E-state index in [1.807, 2.05) is 37.3 Å². The van der Waals surface area contributed by atoms with Gasteiger partial charge in [0.2, 0.25) is 0 Å². The van der Waals surface area contributed by atoms with E-state index in [1.54, 1.807) is 0 Å². The number of hydrogen-bond acceptors (Lipinski definition) is 3. The van der Waals surface area contributed by atoms with E-state index in [4.69, 9.17) is 0 Å². The molecule has 1 N–H and O–H groups in total. The molecule has 0 aliphatic rings. The highest BCUT2D eigenvalue weighted by Gasteiger charge is 2.19. The van der Waals surface area contributed by atoms with Crippen LogP contribution in [0.1, 0.15) is 12.5 Å². The van der Waals surface area contributed by atoms with E-state index in [-0.39, 0.29) is 17.4 Å². The van der Waals surface area contributed by atoms with Crippen LogP contribution in [-0.2, 0) is 6.42 Å². The van der Waals surface area contributed by atoms with Gasteiger partial charge in [-0.15, -0.1) is 0 Å². The Labute approximate surface area is 116 Å². The third-order valence-corrected chi connectivity index (χ3v) is 2.96. The first-order valence-electron chi connectivity index (χ1n) is 6.31. The molecule has 104 valence electrons. The lowest BCUT2D eigenvalue weighted by molar-refractivity contribution is -0.384. The summed E-state index contributed by atoms with van der Waals surface area (Å²) in [6.07, 6.45) is 0.659. The summed E-state index contributed by atoms with van der Waals surface area (Å²) in [5, 5.41) is 13.8. The van der Waals surface area contributed by atoms with E-state index in [1.165, 1.54) is 18.2 Å². The highest BCUT2D eigenvalue weighted by molar-refractivity contribution is 5.62. The Bertz CT molecular complexity index is 602. The predicted octanol–water partition coefficient (Wildman–Crippen LogP) is 3.78. The van der Waals surface area contributed by atoms with E-state index < -0.39 is 10.7 Å². The number of nitro benzene ring substituents is 1. The number of para-hydroxylation sites is 1. The van der Waals surface area contributed by atoms with Gasteiger partial charge in [-0.05, 0) is 25.0 Å². The summed E-state index contributed by atoms with van der Waals surface area (Å²) in [4.78, 5) is 10.3. The Hall–Kier alpha value is -2.43. The van der Waals surface area contributed by atoms with Crippen molar-refractivity contribution in [2.75, 3.05) is 5.32 Å². The Morgan fingerprint density at radius 2 is 1.90 bits per heavy atom. The number of nitrogens with zero attached hydrogens (tertiary/aromatic N) is 1. The van der Waals surface area contributed by atoms with Gasteiger partial charge in [-0.1, -0.05) is 36.4 Å². The van der Waals surface area contributed by atoms with E-state index in [0.717, 1.165) is 5.56 Å². The molecule has 2 aromatic carbocycles. The maximum absolute atomic E-state index is 13.7. The van der Waals surface area contributed by atoms with Crippen molar-refractivity contribution in [3.8, 4) is 0 Å². The van der Waals surface area contributed by atoms with Gasteiger partial charge >= 0.3 is 0 Å². The number of nitro groups is 1. The highest BCUT2D eigenvalue weighted by Crippen LogP contribution is 2.27. The second-order valence-corrected chi connectivity index (χ2v) is 4.63. The average molecular weight is 274 g/mol. The number of anilines is 1. The topological polar surface area (TPSA) is 55.2 Å². The van der Waals surface area contributed by atoms with Crippen LogP contribution in [0.4, 0.5) is 15.8 Å². The molecule has 0 aliphatic carbocycles. The third kappa shape index (κ3) is 3.32. The van der Waals surface area contributed by atoms with Crippen molar-refractivity contribution in [2.24, 2.45) is 0 Å². The molecule has 0 bridgehead atoms. The summed E-state index contributed by atoms with van der Waals surface area (Å²) in [6, 6.07) is 13.4.